The summed E-state index contributed by atoms with van der Waals surface area (Å²) in [5.41, 5.74) is 2.02. The molecule has 0 fully saturated rings. The minimum absolute atomic E-state index is 0.135. The molecule has 11 heteroatoms. The molecule has 0 saturated carbocycles. The zero-order valence-electron chi connectivity index (χ0n) is 15.4. The van der Waals surface area contributed by atoms with Crippen molar-refractivity contribution in [1.29, 1.82) is 0 Å². The Morgan fingerprint density at radius 1 is 1.29 bits per heavy atom. The van der Waals surface area contributed by atoms with Crippen LogP contribution in [0.1, 0.15) is 21.9 Å². The molecule has 2 aromatic rings. The van der Waals surface area contributed by atoms with Crippen LogP contribution in [0.5, 0.6) is 0 Å². The van der Waals surface area contributed by atoms with Crippen molar-refractivity contribution >= 4 is 23.2 Å². The van der Waals surface area contributed by atoms with Crippen molar-refractivity contribution in [2.45, 2.75) is 25.7 Å². The molecule has 0 aromatic carbocycles. The van der Waals surface area contributed by atoms with Gasteiger partial charge in [-0.3, -0.25) is 4.79 Å². The van der Waals surface area contributed by atoms with Crippen molar-refractivity contribution in [3.63, 3.8) is 0 Å². The third kappa shape index (κ3) is 5.80. The molecule has 0 saturated heterocycles. The minimum atomic E-state index is -5.08. The second kappa shape index (κ2) is 9.20. The van der Waals surface area contributed by atoms with E-state index in [-0.39, 0.29) is 5.91 Å². The summed E-state index contributed by atoms with van der Waals surface area (Å²) >= 11 is 1.56. The van der Waals surface area contributed by atoms with Crippen LogP contribution in [0.25, 0.3) is 0 Å². The molecular formula is C17H21F3N4O3S. The van der Waals surface area contributed by atoms with Gasteiger partial charge in [0.1, 0.15) is 5.82 Å². The van der Waals surface area contributed by atoms with Gasteiger partial charge in [-0.25, -0.2) is 9.78 Å². The summed E-state index contributed by atoms with van der Waals surface area (Å²) in [7, 11) is 4.12. The molecule has 0 atom stereocenters. The number of halogens is 3. The van der Waals surface area contributed by atoms with E-state index >= 15 is 0 Å². The number of nitrogens with zero attached hydrogens (tertiary/aromatic N) is 4. The number of hydrogen-bond donors (Lipinski definition) is 1. The van der Waals surface area contributed by atoms with Crippen molar-refractivity contribution in [2.75, 3.05) is 27.2 Å². The number of aromatic nitrogens is 2. The van der Waals surface area contributed by atoms with Crippen molar-refractivity contribution < 1.29 is 27.9 Å². The van der Waals surface area contributed by atoms with Crippen LogP contribution < -0.4 is 0 Å². The fourth-order valence-corrected chi connectivity index (χ4v) is 3.35. The van der Waals surface area contributed by atoms with E-state index in [0.29, 0.717) is 0 Å². The second-order valence-corrected chi connectivity index (χ2v) is 7.19. The maximum Gasteiger partial charge on any atom is 0.490 e. The third-order valence-corrected chi connectivity index (χ3v) is 4.68. The molecule has 154 valence electrons. The summed E-state index contributed by atoms with van der Waals surface area (Å²) in [4.78, 5) is 29.9. The normalized spacial score (nSPS) is 14.1. The first-order valence-electron chi connectivity index (χ1n) is 8.39. The molecule has 0 aliphatic carbocycles. The van der Waals surface area contributed by atoms with Crippen molar-refractivity contribution in [1.82, 2.24) is 19.4 Å². The summed E-state index contributed by atoms with van der Waals surface area (Å²) in [5, 5.41) is 11.0. The van der Waals surface area contributed by atoms with Gasteiger partial charge in [0.25, 0.3) is 5.91 Å². The summed E-state index contributed by atoms with van der Waals surface area (Å²) in [5.74, 6) is -1.53. The molecule has 0 unspecified atom stereocenters. The highest BCUT2D eigenvalue weighted by atomic mass is 32.1. The highest BCUT2D eigenvalue weighted by Gasteiger charge is 2.38. The highest BCUT2D eigenvalue weighted by molar-refractivity contribution is 7.08. The molecule has 3 rings (SSSR count). The quantitative estimate of drug-likeness (QED) is 0.828. The Bertz CT molecular complexity index is 803. The number of amides is 1. The Labute approximate surface area is 164 Å². The number of alkyl halides is 3. The largest absolute Gasteiger partial charge is 0.490 e. The smallest absolute Gasteiger partial charge is 0.475 e. The summed E-state index contributed by atoms with van der Waals surface area (Å²) in [6.45, 7) is 3.20. The molecule has 3 heterocycles. The highest BCUT2D eigenvalue weighted by Crippen LogP contribution is 2.16. The van der Waals surface area contributed by atoms with Crippen LogP contribution >= 0.6 is 11.3 Å². The SMILES string of the molecule is CN(C)Cc1cnc2n1CCN(C(=O)c1ccsc1)CC2.O=C(O)C(F)(F)F. The molecule has 0 spiro atoms. The predicted octanol–water partition coefficient (Wildman–Crippen LogP) is 2.34. The van der Waals surface area contributed by atoms with Gasteiger partial charge >= 0.3 is 12.1 Å². The topological polar surface area (TPSA) is 78.7 Å². The lowest BCUT2D eigenvalue weighted by Gasteiger charge is -2.19. The molecule has 2 aromatic heterocycles. The number of aliphatic carboxylic acids is 1. The van der Waals surface area contributed by atoms with Crippen molar-refractivity contribution in [3.8, 4) is 0 Å². The van der Waals surface area contributed by atoms with E-state index in [1.54, 1.807) is 11.3 Å². The fraction of sp³-hybridized carbons (Fsp3) is 0.471. The Kier molecular flexibility index (Phi) is 7.19. The van der Waals surface area contributed by atoms with Gasteiger partial charge < -0.3 is 19.5 Å². The number of rotatable bonds is 3. The molecule has 0 radical (unpaired) electrons. The number of thiophene rings is 1. The minimum Gasteiger partial charge on any atom is -0.475 e. The molecule has 0 bridgehead atoms. The van der Waals surface area contributed by atoms with E-state index < -0.39 is 12.1 Å². The Morgan fingerprint density at radius 3 is 2.50 bits per heavy atom. The Hall–Kier alpha value is -2.40. The van der Waals surface area contributed by atoms with Gasteiger partial charge in [0.05, 0.1) is 11.3 Å². The predicted molar refractivity (Wildman–Crippen MR) is 97.2 cm³/mol. The van der Waals surface area contributed by atoms with E-state index in [1.807, 2.05) is 27.9 Å². The molecule has 28 heavy (non-hydrogen) atoms. The number of carbonyl (C=O) groups is 2. The van der Waals surface area contributed by atoms with Crippen LogP contribution in [0.2, 0.25) is 0 Å². The zero-order valence-corrected chi connectivity index (χ0v) is 16.3. The first-order chi connectivity index (χ1) is 13.1. The molecular weight excluding hydrogens is 397 g/mol. The number of carboxylic acid groups (broad SMARTS) is 1. The molecule has 1 aliphatic heterocycles. The summed E-state index contributed by atoms with van der Waals surface area (Å²) in [6, 6.07) is 1.90. The molecule has 7 nitrogen and oxygen atoms in total. The van der Waals surface area contributed by atoms with E-state index in [4.69, 9.17) is 9.90 Å². The molecule has 1 N–H and O–H groups in total. The van der Waals surface area contributed by atoms with Gasteiger partial charge in [0.15, 0.2) is 0 Å². The summed E-state index contributed by atoms with van der Waals surface area (Å²) < 4.78 is 34.0. The molecule has 1 amide bonds. The summed E-state index contributed by atoms with van der Waals surface area (Å²) in [6.07, 6.45) is -2.30. The Morgan fingerprint density at radius 2 is 1.96 bits per heavy atom. The lowest BCUT2D eigenvalue weighted by molar-refractivity contribution is -0.192. The fourth-order valence-electron chi connectivity index (χ4n) is 2.72. The maximum absolute atomic E-state index is 12.4. The van der Waals surface area contributed by atoms with Crippen molar-refractivity contribution in [3.05, 3.63) is 40.1 Å². The number of carboxylic acids is 1. The van der Waals surface area contributed by atoms with Crippen LogP contribution in [-0.4, -0.2) is 69.7 Å². The third-order valence-electron chi connectivity index (χ3n) is 4.00. The van der Waals surface area contributed by atoms with Gasteiger partial charge in [-0.1, -0.05) is 0 Å². The number of hydrogen-bond acceptors (Lipinski definition) is 5. The second-order valence-electron chi connectivity index (χ2n) is 6.41. The van der Waals surface area contributed by atoms with E-state index in [9.17, 15) is 18.0 Å². The van der Waals surface area contributed by atoms with Gasteiger partial charge in [-0.2, -0.15) is 24.5 Å². The van der Waals surface area contributed by atoms with Gasteiger partial charge in [-0.15, -0.1) is 0 Å². The number of fused-ring (bicyclic) bond motifs is 1. The standard InChI is InChI=1S/C15H20N4OS.C2HF3O2/c1-17(2)10-13-9-16-14-3-5-18(6-7-19(13)14)15(20)12-4-8-21-11-12;3-2(4,5)1(6)7/h4,8-9,11H,3,5-7,10H2,1-2H3;(H,6,7). The van der Waals surface area contributed by atoms with Crippen LogP contribution in [0, 0.1) is 0 Å². The van der Waals surface area contributed by atoms with Crippen LogP contribution in [0.3, 0.4) is 0 Å². The first kappa shape index (κ1) is 21.9. The van der Waals surface area contributed by atoms with Crippen LogP contribution in [-0.2, 0) is 24.3 Å². The monoisotopic (exact) mass is 418 g/mol. The van der Waals surface area contributed by atoms with Crippen LogP contribution in [0.4, 0.5) is 13.2 Å². The van der Waals surface area contributed by atoms with E-state index in [1.165, 1.54) is 5.69 Å². The van der Waals surface area contributed by atoms with E-state index in [0.717, 1.165) is 44.0 Å². The molecule has 1 aliphatic rings. The zero-order chi connectivity index (χ0) is 20.9. The van der Waals surface area contributed by atoms with Gasteiger partial charge in [0, 0.05) is 44.2 Å². The Balaban J connectivity index is 0.000000345. The first-order valence-corrected chi connectivity index (χ1v) is 9.33. The lowest BCUT2D eigenvalue weighted by Crippen LogP contribution is -2.33. The lowest BCUT2D eigenvalue weighted by atomic mass is 10.2. The van der Waals surface area contributed by atoms with E-state index in [2.05, 4.69) is 28.5 Å². The average Bonchev–Trinajstić information content (AvgIpc) is 3.20. The van der Waals surface area contributed by atoms with Gasteiger partial charge in [-0.05, 0) is 25.5 Å². The van der Waals surface area contributed by atoms with Crippen LogP contribution in [0.15, 0.2) is 23.0 Å². The van der Waals surface area contributed by atoms with Crippen molar-refractivity contribution in [2.24, 2.45) is 0 Å². The number of carbonyl (C=O) groups excluding carboxylic acids is 1. The van der Waals surface area contributed by atoms with Gasteiger partial charge in [0.2, 0.25) is 0 Å². The average molecular weight is 418 g/mol. The maximum atomic E-state index is 12.4. The number of imidazole rings is 1.